The van der Waals surface area contributed by atoms with Crippen LogP contribution in [-0.4, -0.2) is 38.5 Å². The number of benzene rings is 1. The van der Waals surface area contributed by atoms with E-state index in [0.717, 1.165) is 11.6 Å². The van der Waals surface area contributed by atoms with E-state index in [1.165, 1.54) is 13.3 Å². The van der Waals surface area contributed by atoms with Crippen LogP contribution in [0, 0.1) is 5.82 Å². The normalized spacial score (nSPS) is 11.5. The third-order valence-corrected chi connectivity index (χ3v) is 5.46. The number of H-pyrrole nitrogens is 1. The summed E-state index contributed by atoms with van der Waals surface area (Å²) in [5.41, 5.74) is 1.10. The maximum Gasteiger partial charge on any atom is 0.272 e. The molecule has 2 heterocycles. The Labute approximate surface area is 170 Å². The largest absolute Gasteiger partial charge is 0.479 e. The highest BCUT2D eigenvalue weighted by molar-refractivity contribution is 7.92. The summed E-state index contributed by atoms with van der Waals surface area (Å²) in [6.07, 6.45) is 0.382. The van der Waals surface area contributed by atoms with Crippen molar-refractivity contribution in [1.29, 1.82) is 0 Å². The molecule has 160 valence electrons. The van der Waals surface area contributed by atoms with E-state index >= 15 is 0 Å². The van der Waals surface area contributed by atoms with Gasteiger partial charge in [0.2, 0.25) is 5.88 Å². The predicted octanol–water partition coefficient (Wildman–Crippen LogP) is 3.59. The van der Waals surface area contributed by atoms with Crippen LogP contribution in [0.15, 0.2) is 53.7 Å². The Morgan fingerprint density at radius 2 is 1.90 bits per heavy atom. The second kappa shape index (κ2) is 9.08. The molecule has 0 aliphatic heterocycles. The highest BCUT2D eigenvalue weighted by atomic mass is 32.2. The fourth-order valence-electron chi connectivity index (χ4n) is 2.71. The standard InChI is InChI=1S/C19H18F3N3O4S/c1-28-19-15(8-14(20)18(24-19)29-11-17(21)22)25-30(26,27)16-10-23-9-13(16)7-12-5-3-2-4-6-12/h2-6,8-10,17,23,25H,7,11H2,1H3. The second-order valence-electron chi connectivity index (χ2n) is 6.15. The van der Waals surface area contributed by atoms with Crippen molar-refractivity contribution in [1.82, 2.24) is 9.97 Å². The van der Waals surface area contributed by atoms with Crippen molar-refractivity contribution < 1.29 is 31.1 Å². The van der Waals surface area contributed by atoms with Gasteiger partial charge in [0.05, 0.1) is 7.11 Å². The van der Waals surface area contributed by atoms with Crippen LogP contribution in [0.4, 0.5) is 18.9 Å². The average molecular weight is 441 g/mol. The van der Waals surface area contributed by atoms with Gasteiger partial charge in [-0.05, 0) is 11.1 Å². The summed E-state index contributed by atoms with van der Waals surface area (Å²) >= 11 is 0. The molecule has 0 amide bonds. The molecule has 2 N–H and O–H groups in total. The van der Waals surface area contributed by atoms with Crippen LogP contribution in [0.3, 0.4) is 0 Å². The van der Waals surface area contributed by atoms with Crippen molar-refractivity contribution in [2.24, 2.45) is 0 Å². The molecule has 7 nitrogen and oxygen atoms in total. The van der Waals surface area contributed by atoms with Crippen LogP contribution in [0.1, 0.15) is 11.1 Å². The number of aromatic nitrogens is 2. The van der Waals surface area contributed by atoms with Crippen LogP contribution in [-0.2, 0) is 16.4 Å². The minimum Gasteiger partial charge on any atom is -0.479 e. The predicted molar refractivity (Wildman–Crippen MR) is 103 cm³/mol. The Balaban J connectivity index is 1.87. The van der Waals surface area contributed by atoms with Gasteiger partial charge in [-0.3, -0.25) is 4.72 Å². The number of ether oxygens (including phenoxy) is 2. The minimum atomic E-state index is -4.14. The second-order valence-corrected chi connectivity index (χ2v) is 7.80. The first-order valence-electron chi connectivity index (χ1n) is 8.68. The lowest BCUT2D eigenvalue weighted by Crippen LogP contribution is -2.16. The van der Waals surface area contributed by atoms with Gasteiger partial charge in [-0.25, -0.2) is 21.6 Å². The Bertz CT molecular complexity index is 1110. The lowest BCUT2D eigenvalue weighted by Gasteiger charge is -2.14. The van der Waals surface area contributed by atoms with E-state index in [1.807, 2.05) is 30.3 Å². The molecular weight excluding hydrogens is 423 g/mol. The summed E-state index contributed by atoms with van der Waals surface area (Å²) in [5, 5.41) is 0. The Hall–Kier alpha value is -3.21. The van der Waals surface area contributed by atoms with Crippen LogP contribution in [0.25, 0.3) is 0 Å². The minimum absolute atomic E-state index is 0.0353. The van der Waals surface area contributed by atoms with Crippen LogP contribution in [0.5, 0.6) is 11.8 Å². The Kier molecular flexibility index (Phi) is 6.50. The van der Waals surface area contributed by atoms with Crippen molar-refractivity contribution >= 4 is 15.7 Å². The summed E-state index contributed by atoms with van der Waals surface area (Å²) < 4.78 is 76.3. The number of sulfonamides is 1. The van der Waals surface area contributed by atoms with Gasteiger partial charge >= 0.3 is 0 Å². The maximum atomic E-state index is 14.2. The molecule has 11 heteroatoms. The third kappa shape index (κ3) is 5.03. The quantitative estimate of drug-likeness (QED) is 0.529. The number of aromatic amines is 1. The molecule has 3 aromatic rings. The fourth-order valence-corrected chi connectivity index (χ4v) is 3.96. The maximum absolute atomic E-state index is 14.2. The molecule has 30 heavy (non-hydrogen) atoms. The van der Waals surface area contributed by atoms with Gasteiger partial charge in [-0.15, -0.1) is 0 Å². The molecule has 0 saturated carbocycles. The summed E-state index contributed by atoms with van der Waals surface area (Å²) in [5.74, 6) is -2.17. The number of pyridine rings is 1. The first kappa shape index (κ1) is 21.5. The van der Waals surface area contributed by atoms with Gasteiger partial charge in [0.25, 0.3) is 22.3 Å². The van der Waals surface area contributed by atoms with E-state index in [2.05, 4.69) is 19.4 Å². The molecule has 1 aromatic carbocycles. The van der Waals surface area contributed by atoms with Crippen LogP contribution in [0.2, 0.25) is 0 Å². The molecule has 3 rings (SSSR count). The monoisotopic (exact) mass is 441 g/mol. The molecule has 0 unspecified atom stereocenters. The Morgan fingerprint density at radius 3 is 2.57 bits per heavy atom. The average Bonchev–Trinajstić information content (AvgIpc) is 3.17. The van der Waals surface area contributed by atoms with E-state index in [4.69, 9.17) is 4.74 Å². The van der Waals surface area contributed by atoms with Gasteiger partial charge in [-0.1, -0.05) is 30.3 Å². The summed E-state index contributed by atoms with van der Waals surface area (Å²) in [7, 11) is -2.96. The smallest absolute Gasteiger partial charge is 0.272 e. The molecule has 2 aromatic heterocycles. The lowest BCUT2D eigenvalue weighted by molar-refractivity contribution is 0.0770. The summed E-state index contributed by atoms with van der Waals surface area (Å²) in [4.78, 5) is 6.35. The van der Waals surface area contributed by atoms with Gasteiger partial charge in [0, 0.05) is 24.9 Å². The number of alkyl halides is 2. The molecule has 0 atom stereocenters. The van der Waals surface area contributed by atoms with Crippen molar-refractivity contribution in [2.75, 3.05) is 18.4 Å². The molecule has 0 aliphatic rings. The van der Waals surface area contributed by atoms with E-state index in [9.17, 15) is 21.6 Å². The summed E-state index contributed by atoms with van der Waals surface area (Å²) in [6, 6.07) is 10.0. The molecular formula is C19H18F3N3O4S. The number of hydrogen-bond acceptors (Lipinski definition) is 5. The number of nitrogens with one attached hydrogen (secondary N) is 2. The third-order valence-electron chi connectivity index (χ3n) is 4.01. The van der Waals surface area contributed by atoms with Crippen molar-refractivity contribution in [3.05, 3.63) is 65.7 Å². The van der Waals surface area contributed by atoms with Crippen LogP contribution >= 0.6 is 0 Å². The first-order valence-corrected chi connectivity index (χ1v) is 10.2. The zero-order valence-corrected chi connectivity index (χ0v) is 16.5. The van der Waals surface area contributed by atoms with Crippen molar-refractivity contribution in [2.45, 2.75) is 17.7 Å². The van der Waals surface area contributed by atoms with Gasteiger partial charge in [0.1, 0.15) is 10.6 Å². The van der Waals surface area contributed by atoms with E-state index < -0.39 is 34.8 Å². The molecule has 0 fully saturated rings. The number of hydrogen-bond donors (Lipinski definition) is 2. The van der Waals surface area contributed by atoms with Crippen molar-refractivity contribution in [3.63, 3.8) is 0 Å². The zero-order chi connectivity index (χ0) is 21.7. The SMILES string of the molecule is COc1nc(OCC(F)F)c(F)cc1NS(=O)(=O)c1c[nH]cc1Cc1ccccc1. The molecule has 0 aliphatic carbocycles. The number of anilines is 1. The first-order chi connectivity index (χ1) is 14.3. The molecule has 0 spiro atoms. The zero-order valence-electron chi connectivity index (χ0n) is 15.7. The number of rotatable bonds is 9. The number of methoxy groups -OCH3 is 1. The van der Waals surface area contributed by atoms with Crippen molar-refractivity contribution in [3.8, 4) is 11.8 Å². The number of halogens is 3. The van der Waals surface area contributed by atoms with Gasteiger partial charge in [0.15, 0.2) is 12.4 Å². The molecule has 0 bridgehead atoms. The highest BCUT2D eigenvalue weighted by Gasteiger charge is 2.24. The van der Waals surface area contributed by atoms with E-state index in [0.29, 0.717) is 12.0 Å². The lowest BCUT2D eigenvalue weighted by atomic mass is 10.1. The van der Waals surface area contributed by atoms with E-state index in [1.54, 1.807) is 6.20 Å². The van der Waals surface area contributed by atoms with Crippen LogP contribution < -0.4 is 14.2 Å². The topological polar surface area (TPSA) is 93.3 Å². The Morgan fingerprint density at radius 1 is 1.17 bits per heavy atom. The number of nitrogens with zero attached hydrogens (tertiary/aromatic N) is 1. The van der Waals surface area contributed by atoms with Gasteiger partial charge < -0.3 is 14.5 Å². The van der Waals surface area contributed by atoms with Gasteiger partial charge in [-0.2, -0.15) is 4.98 Å². The summed E-state index contributed by atoms with van der Waals surface area (Å²) in [6.45, 7) is -1.07. The molecule has 0 radical (unpaired) electrons. The molecule has 0 saturated heterocycles. The van der Waals surface area contributed by atoms with E-state index in [-0.39, 0.29) is 16.5 Å². The highest BCUT2D eigenvalue weighted by Crippen LogP contribution is 2.31. The fraction of sp³-hybridized carbons (Fsp3) is 0.211.